The number of carbonyl (C=O) groups is 2. The predicted octanol–water partition coefficient (Wildman–Crippen LogP) is 0.348. The van der Waals surface area contributed by atoms with Crippen molar-refractivity contribution in [1.29, 1.82) is 0 Å². The molecule has 0 spiro atoms. The Hall–Kier alpha value is -2.13. The van der Waals surface area contributed by atoms with Crippen LogP contribution < -0.4 is 10.5 Å². The lowest BCUT2D eigenvalue weighted by molar-refractivity contribution is -0.136. The molecular weight excluding hydrogens is 358 g/mol. The first-order valence-corrected chi connectivity index (χ1v) is 9.80. The second-order valence-electron chi connectivity index (χ2n) is 6.56. The molecule has 0 saturated carbocycles. The zero-order valence-corrected chi connectivity index (χ0v) is 16.1. The molecule has 1 fully saturated rings. The molecule has 1 aliphatic rings. The molecule has 0 bridgehead atoms. The van der Waals surface area contributed by atoms with E-state index in [9.17, 15) is 18.0 Å². The minimum Gasteiger partial charge on any atom is -0.483 e. The lowest BCUT2D eigenvalue weighted by Crippen LogP contribution is -2.43. The Morgan fingerprint density at radius 2 is 1.88 bits per heavy atom. The molecule has 0 aliphatic carbocycles. The summed E-state index contributed by atoms with van der Waals surface area (Å²) >= 11 is 0. The van der Waals surface area contributed by atoms with Crippen LogP contribution in [0, 0.1) is 12.8 Å². The molecule has 0 radical (unpaired) electrons. The fraction of sp³-hybridized carbons (Fsp3) is 0.529. The Morgan fingerprint density at radius 3 is 2.38 bits per heavy atom. The van der Waals surface area contributed by atoms with Gasteiger partial charge in [0.1, 0.15) is 5.75 Å². The van der Waals surface area contributed by atoms with E-state index in [0.29, 0.717) is 37.2 Å². The first kappa shape index (κ1) is 20.2. The van der Waals surface area contributed by atoms with E-state index < -0.39 is 10.0 Å². The normalized spacial score (nSPS) is 15.9. The number of likely N-dealkylation sites (tertiary alicyclic amines) is 1. The van der Waals surface area contributed by atoms with Crippen molar-refractivity contribution in [3.05, 3.63) is 23.8 Å². The summed E-state index contributed by atoms with van der Waals surface area (Å²) in [7, 11) is -0.577. The molecule has 26 heavy (non-hydrogen) atoms. The number of ether oxygens (including phenoxy) is 1. The summed E-state index contributed by atoms with van der Waals surface area (Å²) in [5.74, 6) is -0.203. The highest BCUT2D eigenvalue weighted by molar-refractivity contribution is 7.89. The number of aryl methyl sites for hydroxylation is 1. The standard InChI is InChI=1S/C17H25N3O5S/c1-12-10-14(26(23,24)19(2)3)4-5-15(12)25-11-16(21)20-8-6-13(7-9-20)17(18)22/h4-5,10,13H,6-9,11H2,1-3H3,(H2,18,22). The fourth-order valence-electron chi connectivity index (χ4n) is 2.80. The van der Waals surface area contributed by atoms with Crippen molar-refractivity contribution in [3.63, 3.8) is 0 Å². The number of hydrogen-bond donors (Lipinski definition) is 1. The maximum absolute atomic E-state index is 12.3. The van der Waals surface area contributed by atoms with Crippen LogP contribution in [0.25, 0.3) is 0 Å². The molecule has 2 N–H and O–H groups in total. The molecule has 0 atom stereocenters. The number of rotatable bonds is 6. The van der Waals surface area contributed by atoms with E-state index in [1.54, 1.807) is 17.9 Å². The fourth-order valence-corrected chi connectivity index (χ4v) is 3.79. The smallest absolute Gasteiger partial charge is 0.260 e. The molecular formula is C17H25N3O5S. The molecule has 2 rings (SSSR count). The van der Waals surface area contributed by atoms with Crippen LogP contribution >= 0.6 is 0 Å². The summed E-state index contributed by atoms with van der Waals surface area (Å²) < 4.78 is 31.0. The average Bonchev–Trinajstić information content (AvgIpc) is 2.60. The maximum atomic E-state index is 12.3. The van der Waals surface area contributed by atoms with Gasteiger partial charge in [0.15, 0.2) is 6.61 Å². The zero-order chi connectivity index (χ0) is 19.5. The van der Waals surface area contributed by atoms with Gasteiger partial charge in [-0.3, -0.25) is 9.59 Å². The van der Waals surface area contributed by atoms with Gasteiger partial charge >= 0.3 is 0 Å². The number of piperidine rings is 1. The summed E-state index contributed by atoms with van der Waals surface area (Å²) in [6.07, 6.45) is 1.13. The second kappa shape index (κ2) is 8.05. The topological polar surface area (TPSA) is 110 Å². The van der Waals surface area contributed by atoms with Crippen LogP contribution in [0.4, 0.5) is 0 Å². The number of carbonyl (C=O) groups excluding carboxylic acids is 2. The van der Waals surface area contributed by atoms with Gasteiger partial charge in [0, 0.05) is 33.1 Å². The molecule has 1 aliphatic heterocycles. The monoisotopic (exact) mass is 383 g/mol. The van der Waals surface area contributed by atoms with Gasteiger partial charge in [0.2, 0.25) is 15.9 Å². The Bertz CT molecular complexity index is 784. The molecule has 1 aromatic rings. The summed E-state index contributed by atoms with van der Waals surface area (Å²) in [5.41, 5.74) is 5.92. The average molecular weight is 383 g/mol. The van der Waals surface area contributed by atoms with Gasteiger partial charge in [-0.25, -0.2) is 12.7 Å². The first-order valence-electron chi connectivity index (χ1n) is 8.36. The Morgan fingerprint density at radius 1 is 1.27 bits per heavy atom. The van der Waals surface area contributed by atoms with Gasteiger partial charge in [-0.2, -0.15) is 0 Å². The van der Waals surface area contributed by atoms with Crippen molar-refractivity contribution in [3.8, 4) is 5.75 Å². The minimum atomic E-state index is -3.51. The molecule has 144 valence electrons. The van der Waals surface area contributed by atoms with E-state index >= 15 is 0 Å². The zero-order valence-electron chi connectivity index (χ0n) is 15.3. The van der Waals surface area contributed by atoms with Crippen LogP contribution in [0.2, 0.25) is 0 Å². The van der Waals surface area contributed by atoms with Crippen molar-refractivity contribution in [1.82, 2.24) is 9.21 Å². The lowest BCUT2D eigenvalue weighted by Gasteiger charge is -2.30. The number of primary amides is 1. The van der Waals surface area contributed by atoms with Gasteiger partial charge < -0.3 is 15.4 Å². The highest BCUT2D eigenvalue weighted by Crippen LogP contribution is 2.23. The molecule has 9 heteroatoms. The molecule has 1 heterocycles. The van der Waals surface area contributed by atoms with Crippen LogP contribution in [0.15, 0.2) is 23.1 Å². The van der Waals surface area contributed by atoms with E-state index in [1.807, 2.05) is 0 Å². The van der Waals surface area contributed by atoms with Gasteiger partial charge in [-0.05, 0) is 43.5 Å². The summed E-state index contributed by atoms with van der Waals surface area (Å²) in [5, 5.41) is 0. The van der Waals surface area contributed by atoms with Crippen molar-refractivity contribution < 1.29 is 22.7 Å². The quantitative estimate of drug-likeness (QED) is 0.762. The van der Waals surface area contributed by atoms with Crippen LogP contribution in [0.1, 0.15) is 18.4 Å². The van der Waals surface area contributed by atoms with E-state index in [-0.39, 0.29) is 29.2 Å². The lowest BCUT2D eigenvalue weighted by atomic mass is 9.96. The van der Waals surface area contributed by atoms with Crippen LogP contribution in [0.3, 0.4) is 0 Å². The number of benzene rings is 1. The third kappa shape index (κ3) is 4.53. The third-order valence-corrected chi connectivity index (χ3v) is 6.34. The van der Waals surface area contributed by atoms with E-state index in [1.165, 1.54) is 26.2 Å². The molecule has 2 amide bonds. The number of amides is 2. The van der Waals surface area contributed by atoms with E-state index in [2.05, 4.69) is 0 Å². The first-order chi connectivity index (χ1) is 12.1. The largest absolute Gasteiger partial charge is 0.483 e. The van der Waals surface area contributed by atoms with Crippen molar-refractivity contribution >= 4 is 21.8 Å². The summed E-state index contributed by atoms with van der Waals surface area (Å²) in [4.78, 5) is 25.3. The van der Waals surface area contributed by atoms with Crippen molar-refractivity contribution in [2.75, 3.05) is 33.8 Å². The molecule has 1 saturated heterocycles. The van der Waals surface area contributed by atoms with Crippen LogP contribution in [0.5, 0.6) is 5.75 Å². The van der Waals surface area contributed by atoms with Crippen molar-refractivity contribution in [2.24, 2.45) is 11.7 Å². The number of sulfonamides is 1. The Balaban J connectivity index is 1.96. The van der Waals surface area contributed by atoms with Crippen LogP contribution in [-0.4, -0.2) is 63.2 Å². The summed E-state index contributed by atoms with van der Waals surface area (Å²) in [6.45, 7) is 2.55. The van der Waals surface area contributed by atoms with E-state index in [4.69, 9.17) is 10.5 Å². The predicted molar refractivity (Wildman–Crippen MR) is 96.0 cm³/mol. The third-order valence-electron chi connectivity index (χ3n) is 4.53. The van der Waals surface area contributed by atoms with Crippen LogP contribution in [-0.2, 0) is 19.6 Å². The molecule has 8 nitrogen and oxygen atoms in total. The van der Waals surface area contributed by atoms with Gasteiger partial charge in [-0.1, -0.05) is 0 Å². The molecule has 0 unspecified atom stereocenters. The number of hydrogen-bond acceptors (Lipinski definition) is 5. The van der Waals surface area contributed by atoms with Gasteiger partial charge in [0.25, 0.3) is 5.91 Å². The molecule has 0 aromatic heterocycles. The van der Waals surface area contributed by atoms with Crippen molar-refractivity contribution in [2.45, 2.75) is 24.7 Å². The van der Waals surface area contributed by atoms with E-state index in [0.717, 1.165) is 4.31 Å². The van der Waals surface area contributed by atoms with Gasteiger partial charge in [0.05, 0.1) is 4.90 Å². The Kier molecular flexibility index (Phi) is 6.25. The SMILES string of the molecule is Cc1cc(S(=O)(=O)N(C)C)ccc1OCC(=O)N1CCC(C(N)=O)CC1. The van der Waals surface area contributed by atoms with Gasteiger partial charge in [-0.15, -0.1) is 0 Å². The number of nitrogens with zero attached hydrogens (tertiary/aromatic N) is 2. The molecule has 1 aromatic carbocycles. The maximum Gasteiger partial charge on any atom is 0.260 e. The highest BCUT2D eigenvalue weighted by atomic mass is 32.2. The summed E-state index contributed by atoms with van der Waals surface area (Å²) in [6, 6.07) is 4.53. The highest BCUT2D eigenvalue weighted by Gasteiger charge is 2.26. The Labute approximate surface area is 153 Å². The number of nitrogens with two attached hydrogens (primary N) is 1. The minimum absolute atomic E-state index is 0.137. The second-order valence-corrected chi connectivity index (χ2v) is 8.71.